The number of nitrogens with one attached hydrogen (secondary N) is 2. The molecule has 0 radical (unpaired) electrons. The van der Waals surface area contributed by atoms with E-state index in [2.05, 4.69) is 31.1 Å². The standard InChI is InChI=1S/2C18H14N4O11S2.Cr/c2*1-8(23)19-10-3-2-9-4-14(34(28,29)30)16(17(24)12(9)5-10)21-20-13-6-11(22(26)27)7-15(18(13)25)35(31,32)33;/h2*2-7,24-25H,1H3,(H,19,23)(H,28,29,30)(H,31,32,33);/p+5. The van der Waals surface area contributed by atoms with Crippen molar-refractivity contribution in [2.24, 2.45) is 20.5 Å². The number of amides is 2. The van der Waals surface area contributed by atoms with Crippen molar-refractivity contribution in [2.75, 3.05) is 10.6 Å². The van der Waals surface area contributed by atoms with Crippen molar-refractivity contribution < 1.29 is 116 Å². The van der Waals surface area contributed by atoms with Crippen LogP contribution in [-0.2, 0) is 67.4 Å². The largest absolute Gasteiger partial charge is 1.00 e. The average Bonchev–Trinajstić information content (AvgIpc) is 3.22. The minimum atomic E-state index is -5.15. The van der Waals surface area contributed by atoms with Crippen LogP contribution >= 0.6 is 0 Å². The van der Waals surface area contributed by atoms with Crippen molar-refractivity contribution in [1.29, 1.82) is 0 Å². The SMILES string of the molecule is CC(=O)Nc1ccc2cc(S(=O)(=O)O)c(N=Nc3cc([N+](=O)[O-])cc(S(=O)(=O)O)c3O)c(O)c2c1.CC(=O)Nc1ccc2cc(S(=O)(=O)O)c(N=Nc3cc([N+](=O)[O-])cc(S(=O)(=O)O)c3O)c(O)c2c1.[Cr].[H+].[H+].[H+].[H+].[H+]. The summed E-state index contributed by atoms with van der Waals surface area (Å²) in [5, 5.41) is 82.5. The first-order valence-electron chi connectivity index (χ1n) is 18.1. The maximum absolute atomic E-state index is 11.9. The van der Waals surface area contributed by atoms with E-state index in [1.165, 1.54) is 50.2 Å². The minimum Gasteiger partial charge on any atom is -0.505 e. The van der Waals surface area contributed by atoms with E-state index in [4.69, 9.17) is 0 Å². The number of carbonyl (C=O) groups excluding carboxylic acids is 2. The Morgan fingerprint density at radius 2 is 0.803 bits per heavy atom. The number of anilines is 2. The van der Waals surface area contributed by atoms with Crippen molar-refractivity contribution in [3.63, 3.8) is 0 Å². The van der Waals surface area contributed by atoms with Crippen LogP contribution in [0.5, 0.6) is 23.0 Å². The Kier molecular flexibility index (Phi) is 16.2. The minimum absolute atomic E-state index is 0. The Bertz CT molecular complexity index is 3580. The molecule has 6 aromatic rings. The van der Waals surface area contributed by atoms with Gasteiger partial charge in [0.25, 0.3) is 51.8 Å². The van der Waals surface area contributed by atoms with E-state index in [0.717, 1.165) is 12.1 Å². The third-order valence-corrected chi connectivity index (χ3v) is 12.3. The van der Waals surface area contributed by atoms with Crippen LogP contribution < -0.4 is 10.6 Å². The summed E-state index contributed by atoms with van der Waals surface area (Å²) in [6.45, 7) is 2.44. The van der Waals surface area contributed by atoms with E-state index >= 15 is 0 Å². The molecule has 0 atom stereocenters. The van der Waals surface area contributed by atoms with Crippen molar-refractivity contribution in [3.05, 3.63) is 93.0 Å². The summed E-state index contributed by atoms with van der Waals surface area (Å²) in [5.41, 5.74) is -4.98. The number of nitrogens with zero attached hydrogens (tertiary/aromatic N) is 6. The average molecular weight is 1110 g/mol. The first kappa shape index (κ1) is 55.7. The fourth-order valence-electron chi connectivity index (χ4n) is 5.95. The van der Waals surface area contributed by atoms with Gasteiger partial charge in [0.15, 0.2) is 23.0 Å². The summed E-state index contributed by atoms with van der Waals surface area (Å²) < 4.78 is 131. The molecule has 0 aliphatic heterocycles. The first-order chi connectivity index (χ1) is 32.2. The summed E-state index contributed by atoms with van der Waals surface area (Å²) >= 11 is 0. The number of hydrogen-bond acceptors (Lipinski definition) is 22. The van der Waals surface area contributed by atoms with E-state index in [1.807, 2.05) is 0 Å². The zero-order valence-corrected chi connectivity index (χ0v) is 39.5. The third-order valence-electron chi connectivity index (χ3n) is 8.87. The van der Waals surface area contributed by atoms with Crippen LogP contribution in [0.1, 0.15) is 21.0 Å². The van der Waals surface area contributed by atoms with Crippen molar-refractivity contribution >= 4 is 119 Å². The molecule has 0 spiro atoms. The molecule has 10 N–H and O–H groups in total. The molecule has 0 bridgehead atoms. The summed E-state index contributed by atoms with van der Waals surface area (Å²) in [4.78, 5) is 38.2. The van der Waals surface area contributed by atoms with Crippen LogP contribution in [-0.4, -0.2) is 94.0 Å². The molecule has 0 heterocycles. The number of carbonyl (C=O) groups is 2. The third kappa shape index (κ3) is 12.9. The number of benzene rings is 6. The molecule has 0 aliphatic rings. The number of hydrogen-bond donors (Lipinski definition) is 10. The number of phenolic OH excluding ortho intramolecular Hbond substituents is 4. The Balaban J connectivity index is 0. The van der Waals surface area contributed by atoms with Gasteiger partial charge in [-0.1, -0.05) is 12.1 Å². The number of aromatic hydroxyl groups is 4. The number of nitro benzene ring substituents is 2. The smallest absolute Gasteiger partial charge is 0.505 e. The molecule has 0 saturated heterocycles. The van der Waals surface area contributed by atoms with E-state index in [-0.39, 0.29) is 57.4 Å². The van der Waals surface area contributed by atoms with Crippen molar-refractivity contribution in [2.45, 2.75) is 33.4 Å². The van der Waals surface area contributed by atoms with Gasteiger partial charge in [-0.15, -0.1) is 20.5 Å². The summed E-state index contributed by atoms with van der Waals surface area (Å²) in [7, 11) is -20.4. The quantitative estimate of drug-likeness (QED) is 0.0266. The molecular formula is C36H33CrN8O22S4+5. The normalized spacial score (nSPS) is 12.0. The summed E-state index contributed by atoms with van der Waals surface area (Å²) in [5.74, 6) is -5.13. The maximum atomic E-state index is 11.9. The fourth-order valence-corrected chi connectivity index (χ4v) is 8.51. The number of phenols is 4. The maximum Gasteiger partial charge on any atom is 1.00 e. The van der Waals surface area contributed by atoms with Gasteiger partial charge in [0.1, 0.15) is 42.3 Å². The molecule has 374 valence electrons. The molecule has 35 heteroatoms. The van der Waals surface area contributed by atoms with Gasteiger partial charge in [-0.25, -0.2) is 0 Å². The molecule has 6 rings (SSSR count). The summed E-state index contributed by atoms with van der Waals surface area (Å²) in [6.07, 6.45) is 0. The number of rotatable bonds is 12. The van der Waals surface area contributed by atoms with Crippen molar-refractivity contribution in [3.8, 4) is 23.0 Å². The fraction of sp³-hybridized carbons (Fsp3) is 0.0556. The van der Waals surface area contributed by atoms with Gasteiger partial charge < -0.3 is 31.1 Å². The second-order valence-electron chi connectivity index (χ2n) is 13.8. The van der Waals surface area contributed by atoms with Gasteiger partial charge >= 0.3 is 7.13 Å². The van der Waals surface area contributed by atoms with Crippen LogP contribution in [0.4, 0.5) is 45.5 Å². The Hall–Kier alpha value is -7.85. The summed E-state index contributed by atoms with van der Waals surface area (Å²) in [6, 6.07) is 11.6. The van der Waals surface area contributed by atoms with Gasteiger partial charge in [0.05, 0.1) is 9.85 Å². The second-order valence-corrected chi connectivity index (χ2v) is 19.4. The number of nitro groups is 2. The Labute approximate surface area is 414 Å². The molecule has 0 fully saturated rings. The monoisotopic (exact) mass is 1110 g/mol. The van der Waals surface area contributed by atoms with Crippen LogP contribution in [0.25, 0.3) is 21.5 Å². The second kappa shape index (κ2) is 20.6. The molecule has 0 unspecified atom stereocenters. The van der Waals surface area contributed by atoms with Gasteiger partial charge in [0.2, 0.25) is 11.8 Å². The molecule has 2 amide bonds. The zero-order chi connectivity index (χ0) is 52.6. The van der Waals surface area contributed by atoms with Crippen LogP contribution in [0.2, 0.25) is 0 Å². The van der Waals surface area contributed by atoms with Gasteiger partial charge in [0, 0.05) is 77.6 Å². The van der Waals surface area contributed by atoms with Crippen LogP contribution in [0.15, 0.2) is 113 Å². The molecule has 6 aromatic carbocycles. The van der Waals surface area contributed by atoms with Crippen molar-refractivity contribution in [1.82, 2.24) is 0 Å². The van der Waals surface area contributed by atoms with Gasteiger partial charge in [-0.2, -0.15) is 33.7 Å². The first-order valence-corrected chi connectivity index (χ1v) is 23.9. The van der Waals surface area contributed by atoms with Gasteiger partial charge in [-0.3, -0.25) is 48.0 Å². The van der Waals surface area contributed by atoms with Crippen LogP contribution in [0, 0.1) is 20.2 Å². The van der Waals surface area contributed by atoms with E-state index < -0.39 is 139 Å². The zero-order valence-electron chi connectivity index (χ0n) is 39.9. The van der Waals surface area contributed by atoms with Crippen LogP contribution in [0.3, 0.4) is 0 Å². The molecule has 0 aromatic heterocycles. The van der Waals surface area contributed by atoms with Gasteiger partial charge in [-0.05, 0) is 47.2 Å². The number of non-ortho nitro benzene ring substituents is 2. The van der Waals surface area contributed by atoms with E-state index in [9.17, 15) is 102 Å². The topological polar surface area (TPSA) is 492 Å². The molecular weight excluding hydrogens is 1080 g/mol. The van der Waals surface area contributed by atoms with E-state index in [0.29, 0.717) is 24.3 Å². The molecule has 0 saturated carbocycles. The molecule has 30 nitrogen and oxygen atoms in total. The molecule has 71 heavy (non-hydrogen) atoms. The molecule has 0 aliphatic carbocycles. The predicted molar refractivity (Wildman–Crippen MR) is 243 cm³/mol. The Morgan fingerprint density at radius 1 is 0.493 bits per heavy atom. The number of azo groups is 2. The number of fused-ring (bicyclic) bond motifs is 2. The van der Waals surface area contributed by atoms with E-state index in [1.54, 1.807) is 0 Å². The predicted octanol–water partition coefficient (Wildman–Crippen LogP) is 6.61. The Morgan fingerprint density at radius 3 is 1.07 bits per heavy atom.